The van der Waals surface area contributed by atoms with Gasteiger partial charge in [-0.05, 0) is 65.1 Å². The molecule has 10 rings (SSSR count). The second-order valence-corrected chi connectivity index (χ2v) is 13.7. The summed E-state index contributed by atoms with van der Waals surface area (Å²) in [6.07, 6.45) is 7.04. The maximum absolute atomic E-state index is 6.40. The summed E-state index contributed by atoms with van der Waals surface area (Å²) in [5.74, 6) is 0.643. The van der Waals surface area contributed by atoms with Crippen LogP contribution in [0.1, 0.15) is 18.4 Å². The maximum atomic E-state index is 6.40. The van der Waals surface area contributed by atoms with Crippen molar-refractivity contribution in [2.45, 2.75) is 12.8 Å². The molecule has 0 spiro atoms. The fourth-order valence-electron chi connectivity index (χ4n) is 7.96. The van der Waals surface area contributed by atoms with Crippen LogP contribution in [0.15, 0.2) is 197 Å². The summed E-state index contributed by atoms with van der Waals surface area (Å²) in [6.45, 7) is 2.30. The lowest BCUT2D eigenvalue weighted by atomic mass is 9.83. The number of rotatable bonds is 6. The highest BCUT2D eigenvalue weighted by molar-refractivity contribution is 6.10. The number of hydrogen-bond donors (Lipinski definition) is 0. The molecule has 3 heteroatoms. The molecule has 3 nitrogen and oxygen atoms in total. The Morgan fingerprint density at radius 1 is 0.462 bits per heavy atom. The van der Waals surface area contributed by atoms with Gasteiger partial charge in [-0.3, -0.25) is 0 Å². The van der Waals surface area contributed by atoms with E-state index in [9.17, 15) is 0 Å². The van der Waals surface area contributed by atoms with Gasteiger partial charge in [-0.1, -0.05) is 146 Å². The van der Waals surface area contributed by atoms with E-state index in [2.05, 4.69) is 170 Å². The normalized spacial score (nSPS) is 15.8. The Hall–Kier alpha value is -6.58. The molecule has 0 bridgehead atoms. The van der Waals surface area contributed by atoms with Crippen LogP contribution in [-0.2, 0) is 0 Å². The van der Waals surface area contributed by atoms with Crippen LogP contribution in [0.3, 0.4) is 0 Å². The third-order valence-corrected chi connectivity index (χ3v) is 10.6. The quantitative estimate of drug-likeness (QED) is 0.176. The van der Waals surface area contributed by atoms with E-state index in [1.54, 1.807) is 0 Å². The number of anilines is 2. The molecule has 1 aliphatic carbocycles. The summed E-state index contributed by atoms with van der Waals surface area (Å²) in [6, 6.07) is 57.9. The van der Waals surface area contributed by atoms with Crippen molar-refractivity contribution in [2.24, 2.45) is 5.92 Å². The third-order valence-electron chi connectivity index (χ3n) is 10.6. The molecule has 0 aliphatic heterocycles. The molecule has 1 aliphatic rings. The van der Waals surface area contributed by atoms with Crippen LogP contribution in [0.4, 0.5) is 11.4 Å². The highest BCUT2D eigenvalue weighted by Crippen LogP contribution is 2.42. The summed E-state index contributed by atoms with van der Waals surface area (Å²) in [7, 11) is 0. The highest BCUT2D eigenvalue weighted by Gasteiger charge is 2.24. The molecule has 2 heterocycles. The standard InChI is InChI=1S/C49H35NO2/c1-32-21-26-38(31-45(32)33-11-3-2-4-12-33)50(36-27-22-34(23-28-36)39-15-9-17-43-41-13-5-7-19-46(41)51-48(39)43)37-29-24-35(25-30-37)40-16-10-18-44-42-14-6-8-20-47(42)52-49(40)44/h2-32,45H,1H3. The number of hydrogen-bond acceptors (Lipinski definition) is 3. The van der Waals surface area contributed by atoms with Gasteiger partial charge in [0.15, 0.2) is 0 Å². The predicted octanol–water partition coefficient (Wildman–Crippen LogP) is 13.8. The highest BCUT2D eigenvalue weighted by atomic mass is 16.3. The first-order valence-corrected chi connectivity index (χ1v) is 18.0. The fourth-order valence-corrected chi connectivity index (χ4v) is 7.96. The Morgan fingerprint density at radius 2 is 0.942 bits per heavy atom. The lowest BCUT2D eigenvalue weighted by Crippen LogP contribution is -2.20. The first-order chi connectivity index (χ1) is 25.7. The Bertz CT molecular complexity index is 2640. The molecule has 0 fully saturated rings. The van der Waals surface area contributed by atoms with Crippen molar-refractivity contribution in [3.05, 3.63) is 193 Å². The molecular formula is C49H35NO2. The largest absolute Gasteiger partial charge is 0.455 e. The zero-order valence-corrected chi connectivity index (χ0v) is 28.7. The Labute approximate surface area is 302 Å². The van der Waals surface area contributed by atoms with Gasteiger partial charge >= 0.3 is 0 Å². The number of nitrogens with zero attached hydrogens (tertiary/aromatic N) is 1. The fraction of sp³-hybridized carbons (Fsp3) is 0.0612. The van der Waals surface area contributed by atoms with Crippen molar-refractivity contribution in [3.8, 4) is 22.3 Å². The molecule has 9 aromatic rings. The van der Waals surface area contributed by atoms with Gasteiger partial charge in [0.25, 0.3) is 0 Å². The van der Waals surface area contributed by atoms with E-state index >= 15 is 0 Å². The number of para-hydroxylation sites is 4. The van der Waals surface area contributed by atoms with Crippen molar-refractivity contribution in [3.63, 3.8) is 0 Å². The Morgan fingerprint density at radius 3 is 1.48 bits per heavy atom. The lowest BCUT2D eigenvalue weighted by Gasteiger charge is -2.32. The second-order valence-electron chi connectivity index (χ2n) is 13.7. The van der Waals surface area contributed by atoms with Gasteiger partial charge in [0.05, 0.1) is 0 Å². The molecular weight excluding hydrogens is 635 g/mol. The van der Waals surface area contributed by atoms with Crippen molar-refractivity contribution in [1.29, 1.82) is 0 Å². The molecule has 0 saturated carbocycles. The molecule has 0 radical (unpaired) electrons. The first kappa shape index (κ1) is 30.3. The smallest absolute Gasteiger partial charge is 0.143 e. The summed E-state index contributed by atoms with van der Waals surface area (Å²) in [5, 5.41) is 4.55. The minimum Gasteiger partial charge on any atom is -0.455 e. The maximum Gasteiger partial charge on any atom is 0.143 e. The van der Waals surface area contributed by atoms with E-state index < -0.39 is 0 Å². The van der Waals surface area contributed by atoms with Gasteiger partial charge in [-0.15, -0.1) is 0 Å². The summed E-state index contributed by atoms with van der Waals surface area (Å²) >= 11 is 0. The molecule has 0 amide bonds. The zero-order valence-electron chi connectivity index (χ0n) is 28.7. The molecule has 248 valence electrons. The van der Waals surface area contributed by atoms with Crippen LogP contribution in [0.25, 0.3) is 66.1 Å². The van der Waals surface area contributed by atoms with E-state index in [-0.39, 0.29) is 5.92 Å². The zero-order chi connectivity index (χ0) is 34.6. The predicted molar refractivity (Wildman–Crippen MR) is 216 cm³/mol. The van der Waals surface area contributed by atoms with E-state index in [4.69, 9.17) is 8.83 Å². The second kappa shape index (κ2) is 12.3. The average molecular weight is 670 g/mol. The van der Waals surface area contributed by atoms with Crippen molar-refractivity contribution in [2.75, 3.05) is 4.90 Å². The van der Waals surface area contributed by atoms with Crippen LogP contribution in [0, 0.1) is 5.92 Å². The number of benzene rings is 7. The van der Waals surface area contributed by atoms with Crippen molar-refractivity contribution in [1.82, 2.24) is 0 Å². The monoisotopic (exact) mass is 669 g/mol. The average Bonchev–Trinajstić information content (AvgIpc) is 3.78. The van der Waals surface area contributed by atoms with E-state index in [1.165, 1.54) is 5.56 Å². The number of allylic oxidation sites excluding steroid dienone is 3. The summed E-state index contributed by atoms with van der Waals surface area (Å²) < 4.78 is 12.8. The molecule has 0 N–H and O–H groups in total. The molecule has 2 aromatic heterocycles. The lowest BCUT2D eigenvalue weighted by molar-refractivity contribution is 0.629. The van der Waals surface area contributed by atoms with Gasteiger partial charge in [0.2, 0.25) is 0 Å². The number of furan rings is 2. The number of fused-ring (bicyclic) bond motifs is 6. The first-order valence-electron chi connectivity index (χ1n) is 18.0. The van der Waals surface area contributed by atoms with Crippen LogP contribution in [-0.4, -0.2) is 0 Å². The van der Waals surface area contributed by atoms with Crippen LogP contribution >= 0.6 is 0 Å². The minimum absolute atomic E-state index is 0.263. The Balaban J connectivity index is 1.07. The van der Waals surface area contributed by atoms with Crippen molar-refractivity contribution < 1.29 is 8.83 Å². The van der Waals surface area contributed by atoms with E-state index in [0.29, 0.717) is 5.92 Å². The van der Waals surface area contributed by atoms with Crippen LogP contribution < -0.4 is 4.90 Å². The van der Waals surface area contributed by atoms with Crippen LogP contribution in [0.2, 0.25) is 0 Å². The molecule has 52 heavy (non-hydrogen) atoms. The van der Waals surface area contributed by atoms with E-state index in [0.717, 1.165) is 83.2 Å². The van der Waals surface area contributed by atoms with E-state index in [1.807, 2.05) is 24.3 Å². The molecule has 7 aromatic carbocycles. The SMILES string of the molecule is CC1C=CC(N(c2ccc(-c3cccc4c3oc3ccccc34)cc2)c2ccc(-c3cccc4c3oc3ccccc34)cc2)=CC1c1ccccc1. The Kier molecular flexibility index (Phi) is 7.17. The van der Waals surface area contributed by atoms with Gasteiger partial charge in [-0.25, -0.2) is 0 Å². The topological polar surface area (TPSA) is 29.5 Å². The van der Waals surface area contributed by atoms with Crippen molar-refractivity contribution >= 4 is 55.3 Å². The third kappa shape index (κ3) is 5.05. The summed E-state index contributed by atoms with van der Waals surface area (Å²) in [5.41, 5.74) is 12.7. The minimum atomic E-state index is 0.263. The molecule has 2 unspecified atom stereocenters. The van der Waals surface area contributed by atoms with Gasteiger partial charge < -0.3 is 13.7 Å². The molecule has 0 saturated heterocycles. The summed E-state index contributed by atoms with van der Waals surface area (Å²) in [4.78, 5) is 2.37. The van der Waals surface area contributed by atoms with Gasteiger partial charge in [0, 0.05) is 55.7 Å². The van der Waals surface area contributed by atoms with Crippen LogP contribution in [0.5, 0.6) is 0 Å². The molecule has 2 atom stereocenters. The van der Waals surface area contributed by atoms with Gasteiger partial charge in [0.1, 0.15) is 22.3 Å². The van der Waals surface area contributed by atoms with Gasteiger partial charge in [-0.2, -0.15) is 0 Å².